The second kappa shape index (κ2) is 4.43. The van der Waals surface area contributed by atoms with Gasteiger partial charge < -0.3 is 9.79 Å². The number of imide groups is 1. The molecule has 0 aromatic rings. The van der Waals surface area contributed by atoms with Gasteiger partial charge in [-0.3, -0.25) is 14.5 Å². The van der Waals surface area contributed by atoms with E-state index in [-0.39, 0.29) is 0 Å². The van der Waals surface area contributed by atoms with Crippen LogP contribution in [0.5, 0.6) is 0 Å². The van der Waals surface area contributed by atoms with Gasteiger partial charge in [0.05, 0.1) is 0 Å². The molecule has 0 aromatic heterocycles. The summed E-state index contributed by atoms with van der Waals surface area (Å²) >= 11 is 3.49. The quantitative estimate of drug-likeness (QED) is 0.338. The molecule has 0 aliphatic rings. The maximum Gasteiger partial charge on any atom is 0.286 e. The van der Waals surface area contributed by atoms with Gasteiger partial charge in [-0.25, -0.2) is 0 Å². The summed E-state index contributed by atoms with van der Waals surface area (Å²) < 4.78 is 0. The largest absolute Gasteiger partial charge is 0.341 e. The minimum absolute atomic E-state index is 0.315. The van der Waals surface area contributed by atoms with Gasteiger partial charge in [0, 0.05) is 7.05 Å². The standard InChI is InChI=1S/C4H10NO4PS2/c1-5(3-6)4(7)12(2)10(8,9)11/h3,8-9,11H,1-2H3. The second-order valence-corrected chi connectivity index (χ2v) is 9.96. The van der Waals surface area contributed by atoms with Crippen LogP contribution in [0.4, 0.5) is 4.79 Å². The van der Waals surface area contributed by atoms with Crippen LogP contribution in [0, 0.1) is 0 Å². The van der Waals surface area contributed by atoms with E-state index in [1.54, 1.807) is 0 Å². The third-order valence-electron chi connectivity index (χ3n) is 1.07. The summed E-state index contributed by atoms with van der Waals surface area (Å²) in [6.07, 6.45) is 1.65. The lowest BCUT2D eigenvalue weighted by atomic mass is 10.9. The molecule has 5 nitrogen and oxygen atoms in total. The molecule has 0 fully saturated rings. The van der Waals surface area contributed by atoms with E-state index in [1.807, 2.05) is 0 Å². The van der Waals surface area contributed by atoms with Crippen LogP contribution in [-0.4, -0.2) is 39.6 Å². The normalized spacial score (nSPS) is 13.8. The van der Waals surface area contributed by atoms with Gasteiger partial charge in [0.2, 0.25) is 12.1 Å². The van der Waals surface area contributed by atoms with Crippen molar-refractivity contribution in [1.82, 2.24) is 4.90 Å². The Balaban J connectivity index is 4.86. The summed E-state index contributed by atoms with van der Waals surface area (Å²) in [5.74, 6) is 0. The molecule has 1 atom stereocenters. The zero-order valence-electron chi connectivity index (χ0n) is 6.54. The first-order valence-corrected chi connectivity index (χ1v) is 7.85. The summed E-state index contributed by atoms with van der Waals surface area (Å²) in [6, 6.07) is 0. The van der Waals surface area contributed by atoms with Gasteiger partial charge in [-0.05, 0) is 16.3 Å². The van der Waals surface area contributed by atoms with Crippen molar-refractivity contribution in [3.05, 3.63) is 0 Å². The third kappa shape index (κ3) is 3.28. The number of rotatable bonds is 1. The van der Waals surface area contributed by atoms with E-state index in [1.165, 1.54) is 13.3 Å². The molecule has 0 aliphatic carbocycles. The molecule has 0 bridgehead atoms. The fourth-order valence-electron chi connectivity index (χ4n) is 0.356. The predicted octanol–water partition coefficient (Wildman–Crippen LogP) is 0.0347. The van der Waals surface area contributed by atoms with Crippen LogP contribution in [0.15, 0.2) is 0 Å². The molecule has 0 rings (SSSR count). The zero-order valence-corrected chi connectivity index (χ0v) is 9.14. The molecular weight excluding hydrogens is 221 g/mol. The molecule has 2 N–H and O–H groups in total. The van der Waals surface area contributed by atoms with Crippen LogP contribution in [0.1, 0.15) is 0 Å². The maximum atomic E-state index is 11.1. The van der Waals surface area contributed by atoms with Crippen molar-refractivity contribution in [3.63, 3.8) is 0 Å². The molecule has 0 saturated carbocycles. The lowest BCUT2D eigenvalue weighted by Gasteiger charge is -2.13. The van der Waals surface area contributed by atoms with Crippen LogP contribution in [-0.2, 0) is 14.9 Å². The number of thiol groups is 1. The number of carbonyl (C=O) groups is 2. The van der Waals surface area contributed by atoms with Crippen molar-refractivity contribution in [1.29, 1.82) is 0 Å². The Morgan fingerprint density at radius 1 is 1.67 bits per heavy atom. The first-order chi connectivity index (χ1) is 5.30. The van der Waals surface area contributed by atoms with E-state index in [0.717, 1.165) is 4.90 Å². The summed E-state index contributed by atoms with van der Waals surface area (Å²) in [7, 11) is -0.0676. The molecule has 8 heteroatoms. The monoisotopic (exact) mass is 231 g/mol. The topological polar surface area (TPSA) is 77.8 Å². The molecule has 0 aromatic carbocycles. The van der Waals surface area contributed by atoms with Gasteiger partial charge in [0.1, 0.15) is 0 Å². The highest BCUT2D eigenvalue weighted by atomic mass is 32.9. The van der Waals surface area contributed by atoms with E-state index in [4.69, 9.17) is 9.79 Å². The molecule has 0 radical (unpaired) electrons. The molecule has 12 heavy (non-hydrogen) atoms. The molecule has 1 unspecified atom stereocenters. The average Bonchev–Trinajstić information content (AvgIpc) is 1.98. The fourth-order valence-corrected chi connectivity index (χ4v) is 2.67. The highest BCUT2D eigenvalue weighted by Gasteiger charge is 2.17. The van der Waals surface area contributed by atoms with E-state index in [2.05, 4.69) is 12.2 Å². The van der Waals surface area contributed by atoms with Crippen molar-refractivity contribution in [2.75, 3.05) is 13.3 Å². The predicted molar refractivity (Wildman–Crippen MR) is 52.9 cm³/mol. The van der Waals surface area contributed by atoms with Crippen molar-refractivity contribution in [2.24, 2.45) is 0 Å². The highest BCUT2D eigenvalue weighted by molar-refractivity contribution is 8.68. The Morgan fingerprint density at radius 3 is 2.33 bits per heavy atom. The summed E-state index contributed by atoms with van der Waals surface area (Å²) in [5.41, 5.74) is -3.46. The van der Waals surface area contributed by atoms with Gasteiger partial charge in [0.25, 0.3) is 5.24 Å². The first kappa shape index (κ1) is 12.2. The van der Waals surface area contributed by atoms with E-state index in [0.29, 0.717) is 6.41 Å². The Morgan fingerprint density at radius 2 is 2.08 bits per heavy atom. The minimum atomic E-state index is -3.46. The molecule has 2 amide bonds. The Labute approximate surface area is 77.6 Å². The van der Waals surface area contributed by atoms with Crippen molar-refractivity contribution in [3.8, 4) is 0 Å². The van der Waals surface area contributed by atoms with E-state index >= 15 is 0 Å². The molecule has 72 valence electrons. The number of hydrogen-bond acceptors (Lipinski definition) is 2. The van der Waals surface area contributed by atoms with Crippen molar-refractivity contribution < 1.29 is 19.4 Å². The van der Waals surface area contributed by atoms with Gasteiger partial charge in [-0.2, -0.15) is 0 Å². The molecule has 0 heterocycles. The van der Waals surface area contributed by atoms with Crippen LogP contribution in [0.2, 0.25) is 0 Å². The zero-order chi connectivity index (χ0) is 9.94. The van der Waals surface area contributed by atoms with Gasteiger partial charge in [-0.15, -0.1) is 0 Å². The van der Waals surface area contributed by atoms with Gasteiger partial charge in [-0.1, -0.05) is 12.2 Å². The molecule has 0 saturated heterocycles. The van der Waals surface area contributed by atoms with Crippen LogP contribution < -0.4 is 0 Å². The Hall–Kier alpha value is 0.190. The lowest BCUT2D eigenvalue weighted by Crippen LogP contribution is -2.26. The van der Waals surface area contributed by atoms with E-state index < -0.39 is 21.0 Å². The molecular formula is C4H10NO4PS2. The van der Waals surface area contributed by atoms with Crippen molar-refractivity contribution >= 4 is 39.7 Å². The van der Waals surface area contributed by atoms with Gasteiger partial charge >= 0.3 is 0 Å². The highest BCUT2D eigenvalue weighted by Crippen LogP contribution is 2.46. The van der Waals surface area contributed by atoms with Crippen LogP contribution >= 0.6 is 17.9 Å². The van der Waals surface area contributed by atoms with Crippen LogP contribution in [0.25, 0.3) is 0 Å². The molecule has 0 aliphatic heterocycles. The third-order valence-corrected chi connectivity index (χ3v) is 7.47. The first-order valence-electron chi connectivity index (χ1n) is 2.76. The number of carbonyl (C=O) groups excluding carboxylic acids is 2. The molecule has 0 spiro atoms. The minimum Gasteiger partial charge on any atom is -0.341 e. The summed E-state index contributed by atoms with van der Waals surface area (Å²) in [4.78, 5) is 39.9. The number of amides is 2. The maximum absolute atomic E-state index is 11.1. The fraction of sp³-hybridized carbons (Fsp3) is 0.500. The van der Waals surface area contributed by atoms with Crippen molar-refractivity contribution in [2.45, 2.75) is 0 Å². The SMILES string of the molecule is CN(C=O)C(=O)S(C)=P(O)(O)S. The Bertz CT molecular complexity index is 252. The summed E-state index contributed by atoms with van der Waals surface area (Å²) in [5, 5.41) is -0.627. The average molecular weight is 231 g/mol. The summed E-state index contributed by atoms with van der Waals surface area (Å²) in [6.45, 7) is 0. The van der Waals surface area contributed by atoms with Gasteiger partial charge in [0.15, 0.2) is 0 Å². The second-order valence-electron chi connectivity index (χ2n) is 1.97. The van der Waals surface area contributed by atoms with E-state index in [9.17, 15) is 9.59 Å². The Kier molecular flexibility index (Phi) is 4.50. The smallest absolute Gasteiger partial charge is 0.286 e. The number of nitrogens with zero attached hydrogens (tertiary/aromatic N) is 1. The lowest BCUT2D eigenvalue weighted by molar-refractivity contribution is -0.114. The van der Waals surface area contributed by atoms with Crippen LogP contribution in [0.3, 0.4) is 0 Å². The number of hydrogen-bond donors (Lipinski definition) is 3.